The molecule has 1 saturated heterocycles. The van der Waals surface area contributed by atoms with E-state index in [0.717, 1.165) is 9.93 Å². The molecule has 0 amide bonds. The van der Waals surface area contributed by atoms with Crippen LogP contribution >= 0.6 is 23.5 Å². The number of aromatic nitrogens is 3. The number of thioether (sulfide) groups is 2. The van der Waals surface area contributed by atoms with Gasteiger partial charge in [0.25, 0.3) is 0 Å². The second-order valence-electron chi connectivity index (χ2n) is 5.02. The van der Waals surface area contributed by atoms with Gasteiger partial charge in [0.05, 0.1) is 10.3 Å². The summed E-state index contributed by atoms with van der Waals surface area (Å²) in [5, 5.41) is 8.49. The molecule has 0 N–H and O–H groups in total. The van der Waals surface area contributed by atoms with Crippen LogP contribution in [0, 0.1) is 0 Å². The molecular formula is C15H15N3O4S2. The monoisotopic (exact) mass is 365 g/mol. The van der Waals surface area contributed by atoms with Crippen LogP contribution in [0.3, 0.4) is 0 Å². The molecule has 0 spiro atoms. The summed E-state index contributed by atoms with van der Waals surface area (Å²) < 4.78 is 5.89. The van der Waals surface area contributed by atoms with Crippen molar-refractivity contribution in [1.82, 2.24) is 15.2 Å². The van der Waals surface area contributed by atoms with Gasteiger partial charge in [0.15, 0.2) is 5.57 Å². The lowest BCUT2D eigenvalue weighted by atomic mass is 10.3. The Bertz CT molecular complexity index is 812. The lowest BCUT2D eigenvalue weighted by Gasteiger charge is -2.19. The molecule has 0 aliphatic carbocycles. The minimum Gasteiger partial charge on any atom is -0.459 e. The van der Waals surface area contributed by atoms with Gasteiger partial charge in [0, 0.05) is 5.08 Å². The first-order chi connectivity index (χ1) is 11.6. The van der Waals surface area contributed by atoms with Crippen LogP contribution in [0.2, 0.25) is 0 Å². The quantitative estimate of drug-likeness (QED) is 0.263. The minimum atomic E-state index is -0.798. The highest BCUT2D eigenvalue weighted by atomic mass is 32.3. The first-order valence-electron chi connectivity index (χ1n) is 7.34. The molecule has 0 bridgehead atoms. The molecule has 126 valence electrons. The van der Waals surface area contributed by atoms with E-state index in [0.29, 0.717) is 21.7 Å². The predicted molar refractivity (Wildman–Crippen MR) is 92.0 cm³/mol. The molecule has 3 rings (SSSR count). The number of para-hydroxylation sites is 1. The summed E-state index contributed by atoms with van der Waals surface area (Å²) in [4.78, 5) is 31.1. The Balaban J connectivity index is 1.83. The molecule has 2 aromatic rings. The number of ether oxygens (including phenoxy) is 1. The van der Waals surface area contributed by atoms with Crippen LogP contribution in [-0.2, 0) is 14.3 Å². The van der Waals surface area contributed by atoms with Crippen molar-refractivity contribution < 1.29 is 19.2 Å². The van der Waals surface area contributed by atoms with Crippen molar-refractivity contribution >= 4 is 46.5 Å². The second kappa shape index (κ2) is 7.27. The van der Waals surface area contributed by atoms with Crippen LogP contribution in [-0.4, -0.2) is 38.3 Å². The molecule has 0 radical (unpaired) electrons. The van der Waals surface area contributed by atoms with Gasteiger partial charge in [-0.15, -0.1) is 28.6 Å². The summed E-state index contributed by atoms with van der Waals surface area (Å²) in [5.74, 6) is -1.47. The summed E-state index contributed by atoms with van der Waals surface area (Å²) in [7, 11) is 0. The van der Waals surface area contributed by atoms with E-state index in [-0.39, 0.29) is 11.7 Å². The van der Waals surface area contributed by atoms with Gasteiger partial charge in [-0.05, 0) is 30.7 Å². The van der Waals surface area contributed by atoms with Crippen molar-refractivity contribution in [1.29, 1.82) is 0 Å². The lowest BCUT2D eigenvalue weighted by molar-refractivity contribution is -0.150. The van der Waals surface area contributed by atoms with Crippen LogP contribution in [0.5, 0.6) is 0 Å². The molecule has 24 heavy (non-hydrogen) atoms. The normalized spacial score (nSPS) is 14.8. The van der Waals surface area contributed by atoms with Crippen LogP contribution in [0.1, 0.15) is 20.3 Å². The molecule has 1 aliphatic heterocycles. The molecule has 9 heteroatoms. The Morgan fingerprint density at radius 1 is 1.29 bits per heavy atom. The number of hydrogen-bond acceptors (Lipinski definition) is 8. The minimum absolute atomic E-state index is 0.0869. The molecule has 1 atom stereocenters. The number of benzene rings is 1. The molecule has 2 heterocycles. The highest BCUT2D eigenvalue weighted by molar-refractivity contribution is 8.37. The number of fused-ring (bicyclic) bond motifs is 1. The van der Waals surface area contributed by atoms with Crippen LogP contribution in [0.4, 0.5) is 0 Å². The van der Waals surface area contributed by atoms with Gasteiger partial charge in [-0.25, -0.2) is 9.59 Å². The fraction of sp³-hybridized carbons (Fsp3) is 0.333. The summed E-state index contributed by atoms with van der Waals surface area (Å²) in [6.45, 7) is 3.68. The highest BCUT2D eigenvalue weighted by Gasteiger charge is 2.32. The maximum Gasteiger partial charge on any atom is 0.374 e. The average Bonchev–Trinajstić information content (AvgIpc) is 2.93. The summed E-state index contributed by atoms with van der Waals surface area (Å²) >= 11 is 2.83. The van der Waals surface area contributed by atoms with Gasteiger partial charge in [0.1, 0.15) is 11.0 Å². The number of nitrogens with zero attached hydrogens (tertiary/aromatic N) is 3. The third-order valence-corrected chi connectivity index (χ3v) is 5.95. The maximum absolute atomic E-state index is 12.5. The van der Waals surface area contributed by atoms with E-state index in [1.165, 1.54) is 23.5 Å². The molecular weight excluding hydrogens is 350 g/mol. The number of hydrogen-bond donors (Lipinski definition) is 0. The molecule has 1 aliphatic rings. The van der Waals surface area contributed by atoms with E-state index < -0.39 is 11.9 Å². The zero-order chi connectivity index (χ0) is 17.1. The van der Waals surface area contributed by atoms with Crippen molar-refractivity contribution in [2.24, 2.45) is 0 Å². The smallest absolute Gasteiger partial charge is 0.374 e. The van der Waals surface area contributed by atoms with Gasteiger partial charge in [-0.3, -0.25) is 0 Å². The molecule has 1 aromatic carbocycles. The number of esters is 1. The standard InChI is InChI=1S/C15H15N3O4S2/c1-3-9(2)21-13(19)12(15-23-8-24-15)14(20)22-18-11-7-5-4-6-10(11)16-17-18/h4-7,9H,3,8H2,1-2H3. The van der Waals surface area contributed by atoms with Crippen LogP contribution < -0.4 is 4.84 Å². The third-order valence-electron chi connectivity index (χ3n) is 3.37. The highest BCUT2D eigenvalue weighted by Crippen LogP contribution is 2.45. The van der Waals surface area contributed by atoms with Crippen LogP contribution in [0.25, 0.3) is 11.0 Å². The first kappa shape index (κ1) is 16.8. The Kier molecular flexibility index (Phi) is 5.10. The number of carbonyl (C=O) groups excluding carboxylic acids is 2. The summed E-state index contributed by atoms with van der Waals surface area (Å²) in [6.07, 6.45) is 0.389. The van der Waals surface area contributed by atoms with E-state index in [1.54, 1.807) is 25.1 Å². The molecule has 0 saturated carbocycles. The largest absolute Gasteiger partial charge is 0.459 e. The second-order valence-corrected chi connectivity index (χ2v) is 7.62. The maximum atomic E-state index is 12.5. The van der Waals surface area contributed by atoms with Crippen molar-refractivity contribution in [3.63, 3.8) is 0 Å². The average molecular weight is 365 g/mol. The van der Waals surface area contributed by atoms with E-state index >= 15 is 0 Å². The SMILES string of the molecule is CCC(C)OC(=O)C(C(=O)On1nnc2ccccc21)=C1SCS1. The zero-order valence-electron chi connectivity index (χ0n) is 13.1. The van der Waals surface area contributed by atoms with Crippen molar-refractivity contribution in [2.75, 3.05) is 5.08 Å². The summed E-state index contributed by atoms with van der Waals surface area (Å²) in [6, 6.07) is 7.06. The van der Waals surface area contributed by atoms with Crippen molar-refractivity contribution in [3.8, 4) is 0 Å². The zero-order valence-corrected chi connectivity index (χ0v) is 14.7. The van der Waals surface area contributed by atoms with Crippen molar-refractivity contribution in [3.05, 3.63) is 34.1 Å². The topological polar surface area (TPSA) is 83.3 Å². The van der Waals surface area contributed by atoms with E-state index in [1.807, 2.05) is 13.0 Å². The van der Waals surface area contributed by atoms with E-state index in [9.17, 15) is 9.59 Å². The van der Waals surface area contributed by atoms with Gasteiger partial charge in [0.2, 0.25) is 0 Å². The Morgan fingerprint density at radius 2 is 2.04 bits per heavy atom. The number of rotatable bonds is 5. The Labute approximate surface area is 146 Å². The van der Waals surface area contributed by atoms with Gasteiger partial charge < -0.3 is 9.57 Å². The fourth-order valence-electron chi connectivity index (χ4n) is 1.88. The lowest BCUT2D eigenvalue weighted by Crippen LogP contribution is -2.29. The molecule has 7 nitrogen and oxygen atoms in total. The molecule has 1 fully saturated rings. The Hall–Kier alpha value is -2.00. The first-order valence-corrected chi connectivity index (χ1v) is 9.31. The van der Waals surface area contributed by atoms with Gasteiger partial charge >= 0.3 is 11.9 Å². The number of carbonyl (C=O) groups is 2. The van der Waals surface area contributed by atoms with E-state index in [4.69, 9.17) is 9.57 Å². The van der Waals surface area contributed by atoms with Gasteiger partial charge in [-0.2, -0.15) is 0 Å². The van der Waals surface area contributed by atoms with Gasteiger partial charge in [-0.1, -0.05) is 23.9 Å². The Morgan fingerprint density at radius 3 is 2.71 bits per heavy atom. The summed E-state index contributed by atoms with van der Waals surface area (Å²) in [5.41, 5.74) is 1.05. The third kappa shape index (κ3) is 3.41. The molecule has 1 unspecified atom stereocenters. The van der Waals surface area contributed by atoms with Crippen LogP contribution in [0.15, 0.2) is 34.1 Å². The molecule has 1 aromatic heterocycles. The van der Waals surface area contributed by atoms with E-state index in [2.05, 4.69) is 10.3 Å². The predicted octanol–water partition coefficient (Wildman–Crippen LogP) is 2.38. The van der Waals surface area contributed by atoms with Crippen molar-refractivity contribution in [2.45, 2.75) is 26.4 Å². The fourth-order valence-corrected chi connectivity index (χ4v) is 3.44.